The van der Waals surface area contributed by atoms with Gasteiger partial charge in [0.15, 0.2) is 25.8 Å². The van der Waals surface area contributed by atoms with Gasteiger partial charge in [-0.2, -0.15) is 0 Å². The number of rotatable bonds is 10. The van der Waals surface area contributed by atoms with E-state index in [-0.39, 0.29) is 11.7 Å². The molecule has 2 aromatic carbocycles. The highest BCUT2D eigenvalue weighted by molar-refractivity contribution is 7.92. The summed E-state index contributed by atoms with van der Waals surface area (Å²) in [7, 11) is -3.80. The number of para-hydroxylation sites is 2. The topological polar surface area (TPSA) is 81.8 Å². The predicted octanol–water partition coefficient (Wildman–Crippen LogP) is 2.73. The molecule has 0 saturated heterocycles. The van der Waals surface area contributed by atoms with E-state index in [2.05, 4.69) is 10.6 Å². The van der Waals surface area contributed by atoms with Gasteiger partial charge in [0.25, 0.3) is 0 Å². The highest BCUT2D eigenvalue weighted by Gasteiger charge is 2.25. The summed E-state index contributed by atoms with van der Waals surface area (Å²) in [6.45, 7) is 4.75. The van der Waals surface area contributed by atoms with E-state index >= 15 is 0 Å². The first kappa shape index (κ1) is 25.7. The molecule has 0 saturated carbocycles. The van der Waals surface area contributed by atoms with E-state index < -0.39 is 27.3 Å². The molecule has 0 aliphatic carbocycles. The standard InChI is InChI=1S/C22H28N4O3S3/c1-3-23-21(30)25(18-11-7-5-8-12-18)15-20(27)16-32(28,29)17-26(22(31)24-4-2)19-13-9-6-10-14-19/h5-14H,3-4,15-17H2,1-2H3,(H,23,30)(H,24,31). The van der Waals surface area contributed by atoms with Crippen LogP contribution in [0, 0.1) is 0 Å². The fraction of sp³-hybridized carbons (Fsp3) is 0.318. The Bertz CT molecular complexity index is 1020. The largest absolute Gasteiger partial charge is 0.363 e. The summed E-state index contributed by atoms with van der Waals surface area (Å²) < 4.78 is 25.9. The van der Waals surface area contributed by atoms with Crippen LogP contribution in [0.2, 0.25) is 0 Å². The van der Waals surface area contributed by atoms with Gasteiger partial charge >= 0.3 is 0 Å². The smallest absolute Gasteiger partial charge is 0.175 e. The molecule has 0 heterocycles. The summed E-state index contributed by atoms with van der Waals surface area (Å²) in [5.41, 5.74) is 1.34. The molecule has 0 aromatic heterocycles. The molecule has 2 N–H and O–H groups in total. The van der Waals surface area contributed by atoms with Crippen LogP contribution in [0.4, 0.5) is 11.4 Å². The number of ketones is 1. The van der Waals surface area contributed by atoms with Crippen LogP contribution in [0.25, 0.3) is 0 Å². The molecule has 0 spiro atoms. The Kier molecular flexibility index (Phi) is 10.0. The molecule has 2 aromatic rings. The van der Waals surface area contributed by atoms with Crippen LogP contribution in [0.5, 0.6) is 0 Å². The van der Waals surface area contributed by atoms with E-state index in [1.807, 2.05) is 50.2 Å². The molecule has 0 atom stereocenters. The SMILES string of the molecule is CCNC(=S)N(CC(=O)CS(=O)(=O)CN(C(=S)NCC)c1ccccc1)c1ccccc1. The van der Waals surface area contributed by atoms with E-state index in [4.69, 9.17) is 24.4 Å². The third-order valence-electron chi connectivity index (χ3n) is 4.32. The molecule has 7 nitrogen and oxygen atoms in total. The number of nitrogens with zero attached hydrogens (tertiary/aromatic N) is 2. The van der Waals surface area contributed by atoms with Gasteiger partial charge in [-0.3, -0.25) is 4.79 Å². The average molecular weight is 493 g/mol. The second-order valence-corrected chi connectivity index (χ2v) is 9.72. The summed E-state index contributed by atoms with van der Waals surface area (Å²) in [4.78, 5) is 15.9. The fourth-order valence-electron chi connectivity index (χ4n) is 2.95. The number of benzene rings is 2. The highest BCUT2D eigenvalue weighted by Crippen LogP contribution is 2.16. The van der Waals surface area contributed by atoms with Crippen LogP contribution < -0.4 is 20.4 Å². The predicted molar refractivity (Wildman–Crippen MR) is 139 cm³/mol. The molecule has 32 heavy (non-hydrogen) atoms. The van der Waals surface area contributed by atoms with Gasteiger partial charge in [-0.1, -0.05) is 36.4 Å². The quantitative estimate of drug-likeness (QED) is 0.487. The minimum absolute atomic E-state index is 0.155. The molecule has 0 aliphatic rings. The summed E-state index contributed by atoms with van der Waals surface area (Å²) in [6, 6.07) is 18.1. The molecule has 0 radical (unpaired) electrons. The van der Waals surface area contributed by atoms with E-state index in [1.54, 1.807) is 29.2 Å². The molecule has 0 unspecified atom stereocenters. The summed E-state index contributed by atoms with van der Waals surface area (Å²) >= 11 is 10.8. The number of sulfone groups is 1. The number of carbonyl (C=O) groups is 1. The van der Waals surface area contributed by atoms with Crippen LogP contribution in [0.3, 0.4) is 0 Å². The normalized spacial score (nSPS) is 10.8. The van der Waals surface area contributed by atoms with Crippen molar-refractivity contribution in [2.24, 2.45) is 0 Å². The molecule has 0 aliphatic heterocycles. The molecular weight excluding hydrogens is 464 g/mol. The van der Waals surface area contributed by atoms with E-state index in [1.165, 1.54) is 4.90 Å². The summed E-state index contributed by atoms with van der Waals surface area (Å²) in [5, 5.41) is 6.64. The van der Waals surface area contributed by atoms with Crippen LogP contribution in [0.1, 0.15) is 13.8 Å². The van der Waals surface area contributed by atoms with Crippen molar-refractivity contribution in [2.45, 2.75) is 13.8 Å². The molecule has 0 fully saturated rings. The van der Waals surface area contributed by atoms with Gasteiger partial charge in [0.05, 0.1) is 6.54 Å². The Balaban J connectivity index is 2.16. The lowest BCUT2D eigenvalue weighted by Gasteiger charge is -2.26. The monoisotopic (exact) mass is 492 g/mol. The fourth-order valence-corrected chi connectivity index (χ4v) is 5.00. The lowest BCUT2D eigenvalue weighted by Crippen LogP contribution is -2.46. The second kappa shape index (κ2) is 12.5. The van der Waals surface area contributed by atoms with E-state index in [9.17, 15) is 13.2 Å². The van der Waals surface area contributed by atoms with Gasteiger partial charge in [-0.25, -0.2) is 8.42 Å². The lowest BCUT2D eigenvalue weighted by atomic mass is 10.3. The molecular formula is C22H28N4O3S3. The number of thiocarbonyl (C=S) groups is 2. The van der Waals surface area contributed by atoms with Crippen LogP contribution in [0.15, 0.2) is 60.7 Å². The Morgan fingerprint density at radius 3 is 1.72 bits per heavy atom. The van der Waals surface area contributed by atoms with Crippen molar-refractivity contribution in [3.63, 3.8) is 0 Å². The first-order valence-electron chi connectivity index (χ1n) is 10.2. The van der Waals surface area contributed by atoms with Crippen molar-refractivity contribution in [3.05, 3.63) is 60.7 Å². The van der Waals surface area contributed by atoms with Crippen molar-refractivity contribution in [1.29, 1.82) is 0 Å². The Morgan fingerprint density at radius 2 is 1.25 bits per heavy atom. The van der Waals surface area contributed by atoms with E-state index in [0.29, 0.717) is 29.6 Å². The lowest BCUT2D eigenvalue weighted by molar-refractivity contribution is -0.115. The first-order valence-corrected chi connectivity index (χ1v) is 12.8. The Labute approximate surface area is 200 Å². The average Bonchev–Trinajstić information content (AvgIpc) is 2.77. The van der Waals surface area contributed by atoms with Crippen LogP contribution in [-0.4, -0.2) is 55.7 Å². The van der Waals surface area contributed by atoms with Crippen molar-refractivity contribution in [2.75, 3.05) is 41.1 Å². The summed E-state index contributed by atoms with van der Waals surface area (Å²) in [6.07, 6.45) is 0. The molecule has 10 heteroatoms. The zero-order valence-corrected chi connectivity index (χ0v) is 20.6. The van der Waals surface area contributed by atoms with Gasteiger partial charge in [0.2, 0.25) is 0 Å². The minimum Gasteiger partial charge on any atom is -0.363 e. The third-order valence-corrected chi connectivity index (χ3v) is 6.47. The number of anilines is 2. The zero-order chi connectivity index (χ0) is 23.6. The highest BCUT2D eigenvalue weighted by atomic mass is 32.2. The number of nitrogens with one attached hydrogen (secondary N) is 2. The second-order valence-electron chi connectivity index (χ2n) is 6.91. The molecule has 0 bridgehead atoms. The van der Waals surface area contributed by atoms with Crippen molar-refractivity contribution < 1.29 is 13.2 Å². The van der Waals surface area contributed by atoms with Gasteiger partial charge < -0.3 is 20.4 Å². The molecule has 2 rings (SSSR count). The number of hydrogen-bond acceptors (Lipinski definition) is 5. The van der Waals surface area contributed by atoms with Gasteiger partial charge in [0.1, 0.15) is 11.6 Å². The molecule has 0 amide bonds. The zero-order valence-electron chi connectivity index (χ0n) is 18.2. The Morgan fingerprint density at radius 1 is 0.812 bits per heavy atom. The third kappa shape index (κ3) is 7.85. The van der Waals surface area contributed by atoms with Crippen molar-refractivity contribution in [3.8, 4) is 0 Å². The number of carbonyl (C=O) groups excluding carboxylic acids is 1. The van der Waals surface area contributed by atoms with Crippen molar-refractivity contribution in [1.82, 2.24) is 10.6 Å². The first-order chi connectivity index (χ1) is 15.3. The summed E-state index contributed by atoms with van der Waals surface area (Å²) in [5.74, 6) is -1.49. The van der Waals surface area contributed by atoms with E-state index in [0.717, 1.165) is 0 Å². The van der Waals surface area contributed by atoms with Crippen LogP contribution >= 0.6 is 24.4 Å². The minimum atomic E-state index is -3.80. The molecule has 172 valence electrons. The number of Topliss-reactive ketones (excluding diaryl/α,β-unsaturated/α-hetero) is 1. The maximum Gasteiger partial charge on any atom is 0.175 e. The van der Waals surface area contributed by atoms with Crippen molar-refractivity contribution >= 4 is 61.7 Å². The number of hydrogen-bond donors (Lipinski definition) is 2. The van der Waals surface area contributed by atoms with Gasteiger partial charge in [-0.15, -0.1) is 0 Å². The van der Waals surface area contributed by atoms with Gasteiger partial charge in [0, 0.05) is 24.5 Å². The maximum absolute atomic E-state index is 12.9. The van der Waals surface area contributed by atoms with Crippen LogP contribution in [-0.2, 0) is 14.6 Å². The van der Waals surface area contributed by atoms with Gasteiger partial charge in [-0.05, 0) is 62.5 Å². The maximum atomic E-state index is 12.9. The Hall–Kier alpha value is -2.56.